The van der Waals surface area contributed by atoms with Gasteiger partial charge in [-0.3, -0.25) is 0 Å². The summed E-state index contributed by atoms with van der Waals surface area (Å²) in [5, 5.41) is 21.5. The number of carbonyl (C=O) groups excluding carboxylic acids is 1. The Morgan fingerprint density at radius 2 is 1.81 bits per heavy atom. The van der Waals surface area contributed by atoms with E-state index < -0.39 is 24.2 Å². The summed E-state index contributed by atoms with van der Waals surface area (Å²) in [6.45, 7) is 0.149. The first-order chi connectivity index (χ1) is 13.0. The van der Waals surface area contributed by atoms with E-state index in [0.29, 0.717) is 17.1 Å². The molecule has 0 aliphatic carbocycles. The molecule has 0 radical (unpaired) electrons. The van der Waals surface area contributed by atoms with E-state index in [1.54, 1.807) is 30.3 Å². The minimum atomic E-state index is -1.79. The summed E-state index contributed by atoms with van der Waals surface area (Å²) in [7, 11) is 0. The normalized spacial score (nSPS) is 14.3. The second kappa shape index (κ2) is 8.41. The summed E-state index contributed by atoms with van der Waals surface area (Å²) in [5.74, 6) is -0.323. The van der Waals surface area contributed by atoms with Gasteiger partial charge in [-0.2, -0.15) is 0 Å². The van der Waals surface area contributed by atoms with E-state index in [2.05, 4.69) is 5.32 Å². The first kappa shape index (κ1) is 18.5. The minimum Gasteiger partial charge on any atom is -0.479 e. The Kier molecular flexibility index (Phi) is 5.77. The van der Waals surface area contributed by atoms with Crippen molar-refractivity contribution < 1.29 is 34.0 Å². The van der Waals surface area contributed by atoms with Gasteiger partial charge in [0.15, 0.2) is 17.6 Å². The van der Waals surface area contributed by atoms with Crippen LogP contribution in [0.15, 0.2) is 48.5 Å². The van der Waals surface area contributed by atoms with Crippen molar-refractivity contribution in [2.75, 3.05) is 6.79 Å². The van der Waals surface area contributed by atoms with E-state index in [1.807, 2.05) is 18.2 Å². The molecule has 2 aromatic rings. The predicted octanol–water partition coefficient (Wildman–Crippen LogP) is 1.70. The molecule has 0 saturated heterocycles. The van der Waals surface area contributed by atoms with Crippen molar-refractivity contribution in [3.8, 4) is 11.5 Å². The number of carboxylic acids is 1. The van der Waals surface area contributed by atoms with Crippen molar-refractivity contribution in [3.63, 3.8) is 0 Å². The average Bonchev–Trinajstić information content (AvgIpc) is 3.14. The van der Waals surface area contributed by atoms with Gasteiger partial charge < -0.3 is 29.7 Å². The SMILES string of the molecule is O=C(NC(Cc1ccc2c(c1)OCO2)C(O)C(=O)O)OCc1ccccc1. The molecule has 1 heterocycles. The van der Waals surface area contributed by atoms with Crippen molar-refractivity contribution in [1.29, 1.82) is 0 Å². The standard InChI is InChI=1S/C19H19NO7/c21-17(18(22)23)14(8-13-6-7-15-16(9-13)27-11-26-15)20-19(24)25-10-12-4-2-1-3-5-12/h1-7,9,14,17,21H,8,10-11H2,(H,20,24)(H,22,23). The van der Waals surface area contributed by atoms with Gasteiger partial charge in [0, 0.05) is 0 Å². The number of amides is 1. The molecule has 0 spiro atoms. The van der Waals surface area contributed by atoms with Gasteiger partial charge in [0.2, 0.25) is 6.79 Å². The van der Waals surface area contributed by atoms with Crippen molar-refractivity contribution in [2.45, 2.75) is 25.2 Å². The van der Waals surface area contributed by atoms with Crippen molar-refractivity contribution in [2.24, 2.45) is 0 Å². The Labute approximate surface area is 155 Å². The Morgan fingerprint density at radius 3 is 2.56 bits per heavy atom. The molecular formula is C19H19NO7. The first-order valence-electron chi connectivity index (χ1n) is 8.29. The van der Waals surface area contributed by atoms with Gasteiger partial charge >= 0.3 is 12.1 Å². The van der Waals surface area contributed by atoms with Crippen LogP contribution < -0.4 is 14.8 Å². The topological polar surface area (TPSA) is 114 Å². The third-order valence-corrected chi connectivity index (χ3v) is 4.04. The number of carboxylic acid groups (broad SMARTS) is 1. The molecule has 8 nitrogen and oxygen atoms in total. The fourth-order valence-corrected chi connectivity index (χ4v) is 2.65. The maximum absolute atomic E-state index is 12.0. The third-order valence-electron chi connectivity index (χ3n) is 4.04. The molecular weight excluding hydrogens is 354 g/mol. The van der Waals surface area contributed by atoms with E-state index in [9.17, 15) is 14.7 Å². The summed E-state index contributed by atoms with van der Waals surface area (Å²) < 4.78 is 15.6. The van der Waals surface area contributed by atoms with Gasteiger partial charge in [-0.05, 0) is 29.7 Å². The largest absolute Gasteiger partial charge is 0.479 e. The number of rotatable bonds is 7. The van der Waals surface area contributed by atoms with Gasteiger partial charge in [-0.1, -0.05) is 36.4 Å². The van der Waals surface area contributed by atoms with Crippen molar-refractivity contribution in [1.82, 2.24) is 5.32 Å². The molecule has 2 aromatic carbocycles. The number of aliphatic hydroxyl groups excluding tert-OH is 1. The molecule has 0 saturated carbocycles. The molecule has 2 unspecified atom stereocenters. The molecule has 1 aliphatic rings. The van der Waals surface area contributed by atoms with Crippen LogP contribution in [0.1, 0.15) is 11.1 Å². The zero-order chi connectivity index (χ0) is 19.2. The second-order valence-corrected chi connectivity index (χ2v) is 5.99. The number of aliphatic carboxylic acids is 1. The van der Waals surface area contributed by atoms with Gasteiger partial charge in [0.1, 0.15) is 6.61 Å². The molecule has 1 aliphatic heterocycles. The van der Waals surface area contributed by atoms with E-state index in [0.717, 1.165) is 5.56 Å². The highest BCUT2D eigenvalue weighted by atomic mass is 16.7. The summed E-state index contributed by atoms with van der Waals surface area (Å²) in [5.41, 5.74) is 1.46. The maximum Gasteiger partial charge on any atom is 0.407 e. The number of carbonyl (C=O) groups is 2. The highest BCUT2D eigenvalue weighted by Crippen LogP contribution is 2.32. The second-order valence-electron chi connectivity index (χ2n) is 5.99. The number of benzene rings is 2. The summed E-state index contributed by atoms with van der Waals surface area (Å²) in [6, 6.07) is 13.1. The number of hydrogen-bond donors (Lipinski definition) is 3. The van der Waals surface area contributed by atoms with Crippen LogP contribution in [-0.4, -0.2) is 41.2 Å². The molecule has 2 atom stereocenters. The molecule has 3 N–H and O–H groups in total. The molecule has 3 rings (SSSR count). The number of ether oxygens (including phenoxy) is 3. The number of nitrogens with one attached hydrogen (secondary N) is 1. The van der Waals surface area contributed by atoms with E-state index >= 15 is 0 Å². The number of fused-ring (bicyclic) bond motifs is 1. The molecule has 27 heavy (non-hydrogen) atoms. The van der Waals surface area contributed by atoms with Crippen LogP contribution in [-0.2, 0) is 22.6 Å². The van der Waals surface area contributed by atoms with E-state index in [4.69, 9.17) is 19.3 Å². The van der Waals surface area contributed by atoms with Crippen molar-refractivity contribution >= 4 is 12.1 Å². The Morgan fingerprint density at radius 1 is 1.07 bits per heavy atom. The molecule has 0 aromatic heterocycles. The van der Waals surface area contributed by atoms with Gasteiger partial charge in [-0.25, -0.2) is 9.59 Å². The lowest BCUT2D eigenvalue weighted by Crippen LogP contribution is -2.48. The summed E-state index contributed by atoms with van der Waals surface area (Å²) in [6.07, 6.45) is -2.53. The molecule has 8 heteroatoms. The smallest absolute Gasteiger partial charge is 0.407 e. The van der Waals surface area contributed by atoms with Crippen LogP contribution in [0.25, 0.3) is 0 Å². The van der Waals surface area contributed by atoms with Gasteiger partial charge in [0.05, 0.1) is 6.04 Å². The lowest BCUT2D eigenvalue weighted by molar-refractivity contribution is -0.148. The Hall–Kier alpha value is -3.26. The third kappa shape index (κ3) is 4.89. The highest BCUT2D eigenvalue weighted by molar-refractivity contribution is 5.75. The van der Waals surface area contributed by atoms with E-state index in [-0.39, 0.29) is 19.8 Å². The summed E-state index contributed by atoms with van der Waals surface area (Å²) in [4.78, 5) is 23.2. The maximum atomic E-state index is 12.0. The zero-order valence-electron chi connectivity index (χ0n) is 14.3. The minimum absolute atomic E-state index is 0.0343. The van der Waals surface area contributed by atoms with Crippen molar-refractivity contribution in [3.05, 3.63) is 59.7 Å². The van der Waals surface area contributed by atoms with E-state index in [1.165, 1.54) is 0 Å². The lowest BCUT2D eigenvalue weighted by Gasteiger charge is -2.21. The molecule has 142 valence electrons. The summed E-state index contributed by atoms with van der Waals surface area (Å²) >= 11 is 0. The average molecular weight is 373 g/mol. The Balaban J connectivity index is 1.64. The van der Waals surface area contributed by atoms with Gasteiger partial charge in [0.25, 0.3) is 0 Å². The van der Waals surface area contributed by atoms with Gasteiger partial charge in [-0.15, -0.1) is 0 Å². The first-order valence-corrected chi connectivity index (χ1v) is 8.29. The fourth-order valence-electron chi connectivity index (χ4n) is 2.65. The van der Waals surface area contributed by atoms with Crippen LogP contribution in [0.3, 0.4) is 0 Å². The monoisotopic (exact) mass is 373 g/mol. The van der Waals surface area contributed by atoms with Crippen LogP contribution >= 0.6 is 0 Å². The Bertz CT molecular complexity index is 809. The number of aliphatic hydroxyl groups is 1. The predicted molar refractivity (Wildman–Crippen MR) is 93.5 cm³/mol. The van der Waals surface area contributed by atoms with Crippen LogP contribution in [0.5, 0.6) is 11.5 Å². The fraction of sp³-hybridized carbons (Fsp3) is 0.263. The number of alkyl carbamates (subject to hydrolysis) is 1. The zero-order valence-corrected chi connectivity index (χ0v) is 14.3. The van der Waals surface area contributed by atoms with Crippen LogP contribution in [0.2, 0.25) is 0 Å². The number of hydrogen-bond acceptors (Lipinski definition) is 6. The molecule has 1 amide bonds. The quantitative estimate of drug-likeness (QED) is 0.677. The highest BCUT2D eigenvalue weighted by Gasteiger charge is 2.28. The molecule has 0 bridgehead atoms. The molecule has 0 fully saturated rings. The van der Waals surface area contributed by atoms with Crippen LogP contribution in [0, 0.1) is 0 Å². The lowest BCUT2D eigenvalue weighted by atomic mass is 10.0. The van der Waals surface area contributed by atoms with Crippen LogP contribution in [0.4, 0.5) is 4.79 Å².